The van der Waals surface area contributed by atoms with Crippen LogP contribution in [0.25, 0.3) is 0 Å². The average Bonchev–Trinajstić information content (AvgIpc) is 2.31. The fourth-order valence-electron chi connectivity index (χ4n) is 3.48. The maximum absolute atomic E-state index is 3.89. The zero-order valence-corrected chi connectivity index (χ0v) is 11.0. The van der Waals surface area contributed by atoms with Crippen LogP contribution in [0, 0.1) is 11.8 Å². The molecule has 2 aliphatic rings. The van der Waals surface area contributed by atoms with Gasteiger partial charge in [-0.25, -0.2) is 0 Å². The number of hydrogen-bond acceptors (Lipinski definition) is 2. The van der Waals surface area contributed by atoms with Crippen molar-refractivity contribution in [3.05, 3.63) is 0 Å². The first-order valence-corrected chi connectivity index (χ1v) is 7.74. The summed E-state index contributed by atoms with van der Waals surface area (Å²) in [6.45, 7) is 6.09. The van der Waals surface area contributed by atoms with Crippen molar-refractivity contribution in [1.82, 2.24) is 5.32 Å². The van der Waals surface area contributed by atoms with Crippen molar-refractivity contribution < 1.29 is 0 Å². The molecule has 2 aliphatic heterocycles. The minimum absolute atomic E-state index is 0.485. The smallest absolute Gasteiger partial charge is 0.0233 e. The predicted octanol–water partition coefficient (Wildman–Crippen LogP) is 3.30. The molecule has 1 nitrogen and oxygen atoms in total. The molecule has 0 saturated carbocycles. The van der Waals surface area contributed by atoms with E-state index in [0.29, 0.717) is 5.54 Å². The third-order valence-corrected chi connectivity index (χ3v) is 5.50. The first kappa shape index (κ1) is 11.8. The van der Waals surface area contributed by atoms with E-state index in [9.17, 15) is 0 Å². The maximum Gasteiger partial charge on any atom is 0.0233 e. The minimum atomic E-state index is 0.485. The Labute approximate surface area is 98.8 Å². The predicted molar refractivity (Wildman–Crippen MR) is 69.5 cm³/mol. The summed E-state index contributed by atoms with van der Waals surface area (Å²) in [6.07, 6.45) is 7.12. The number of piperidine rings is 1. The van der Waals surface area contributed by atoms with Crippen LogP contribution in [0.2, 0.25) is 0 Å². The number of hydrogen-bond donors (Lipinski definition) is 1. The van der Waals surface area contributed by atoms with E-state index in [1.165, 1.54) is 50.2 Å². The number of nitrogens with one attached hydrogen (secondary N) is 1. The Morgan fingerprint density at radius 1 is 1.20 bits per heavy atom. The molecule has 1 N–H and O–H groups in total. The highest BCUT2D eigenvalue weighted by Gasteiger charge is 2.42. The van der Waals surface area contributed by atoms with Crippen molar-refractivity contribution in [1.29, 1.82) is 0 Å². The molecule has 88 valence electrons. The third kappa shape index (κ3) is 2.36. The summed E-state index contributed by atoms with van der Waals surface area (Å²) in [5.74, 6) is 4.52. The summed E-state index contributed by atoms with van der Waals surface area (Å²) in [7, 11) is 0. The van der Waals surface area contributed by atoms with E-state index in [1.807, 2.05) is 0 Å². The van der Waals surface area contributed by atoms with Gasteiger partial charge in [-0.05, 0) is 55.6 Å². The highest BCUT2D eigenvalue weighted by Crippen LogP contribution is 2.40. The van der Waals surface area contributed by atoms with Crippen LogP contribution in [0.15, 0.2) is 0 Å². The molecule has 0 spiro atoms. The van der Waals surface area contributed by atoms with Crippen LogP contribution in [0.1, 0.15) is 46.0 Å². The van der Waals surface area contributed by atoms with Crippen molar-refractivity contribution >= 4 is 11.8 Å². The van der Waals surface area contributed by atoms with E-state index >= 15 is 0 Å². The molecule has 15 heavy (non-hydrogen) atoms. The lowest BCUT2D eigenvalue weighted by molar-refractivity contribution is 0.0979. The van der Waals surface area contributed by atoms with Gasteiger partial charge in [0.2, 0.25) is 0 Å². The summed E-state index contributed by atoms with van der Waals surface area (Å²) in [6, 6.07) is 0. The topological polar surface area (TPSA) is 12.0 Å². The molecule has 2 rings (SSSR count). The van der Waals surface area contributed by atoms with Gasteiger partial charge in [-0.3, -0.25) is 0 Å². The van der Waals surface area contributed by atoms with Crippen LogP contribution in [-0.2, 0) is 0 Å². The molecule has 1 unspecified atom stereocenters. The SMILES string of the molecule is CC(C)C1(C2CCSCC2)CCCCN1. The molecule has 2 fully saturated rings. The van der Waals surface area contributed by atoms with Gasteiger partial charge in [0.05, 0.1) is 0 Å². The zero-order chi connectivity index (χ0) is 10.7. The quantitative estimate of drug-likeness (QED) is 0.777. The van der Waals surface area contributed by atoms with E-state index in [-0.39, 0.29) is 0 Å². The van der Waals surface area contributed by atoms with Gasteiger partial charge in [-0.2, -0.15) is 11.8 Å². The van der Waals surface area contributed by atoms with Crippen molar-refractivity contribution in [2.75, 3.05) is 18.1 Å². The van der Waals surface area contributed by atoms with Crippen molar-refractivity contribution in [3.8, 4) is 0 Å². The molecule has 2 heteroatoms. The monoisotopic (exact) mass is 227 g/mol. The highest BCUT2D eigenvalue weighted by atomic mass is 32.2. The number of rotatable bonds is 2. The van der Waals surface area contributed by atoms with Gasteiger partial charge in [0.1, 0.15) is 0 Å². The Hall–Kier alpha value is 0.310. The lowest BCUT2D eigenvalue weighted by atomic mass is 9.68. The second kappa shape index (κ2) is 5.09. The standard InChI is InChI=1S/C13H25NS/c1-11(2)13(7-3-4-8-14-13)12-5-9-15-10-6-12/h11-12,14H,3-10H2,1-2H3. The van der Waals surface area contributed by atoms with Gasteiger partial charge < -0.3 is 5.32 Å². The Bertz CT molecular complexity index is 191. The van der Waals surface area contributed by atoms with Crippen LogP contribution in [-0.4, -0.2) is 23.6 Å². The van der Waals surface area contributed by atoms with Gasteiger partial charge in [0, 0.05) is 5.54 Å². The van der Waals surface area contributed by atoms with Crippen molar-refractivity contribution in [2.24, 2.45) is 11.8 Å². The van der Waals surface area contributed by atoms with E-state index in [4.69, 9.17) is 0 Å². The molecular formula is C13H25NS. The molecule has 0 aliphatic carbocycles. The van der Waals surface area contributed by atoms with Crippen molar-refractivity contribution in [2.45, 2.75) is 51.5 Å². The van der Waals surface area contributed by atoms with Gasteiger partial charge in [0.15, 0.2) is 0 Å². The largest absolute Gasteiger partial charge is 0.311 e. The zero-order valence-electron chi connectivity index (χ0n) is 10.2. The molecule has 0 aromatic carbocycles. The van der Waals surface area contributed by atoms with Crippen LogP contribution in [0.3, 0.4) is 0 Å². The molecule has 0 amide bonds. The second-order valence-electron chi connectivity index (χ2n) is 5.47. The summed E-state index contributed by atoms with van der Waals surface area (Å²) in [4.78, 5) is 0. The summed E-state index contributed by atoms with van der Waals surface area (Å²) < 4.78 is 0. The fourth-order valence-corrected chi connectivity index (χ4v) is 4.58. The third-order valence-electron chi connectivity index (χ3n) is 4.45. The van der Waals surface area contributed by atoms with Crippen LogP contribution in [0.5, 0.6) is 0 Å². The van der Waals surface area contributed by atoms with Gasteiger partial charge >= 0.3 is 0 Å². The Morgan fingerprint density at radius 2 is 1.93 bits per heavy atom. The van der Waals surface area contributed by atoms with Gasteiger partial charge in [-0.15, -0.1) is 0 Å². The Morgan fingerprint density at radius 3 is 2.47 bits per heavy atom. The second-order valence-corrected chi connectivity index (χ2v) is 6.69. The molecule has 1 atom stereocenters. The fraction of sp³-hybridized carbons (Fsp3) is 1.00. The minimum Gasteiger partial charge on any atom is -0.311 e. The molecule has 0 aromatic heterocycles. The molecule has 0 bridgehead atoms. The normalized spacial score (nSPS) is 34.6. The van der Waals surface area contributed by atoms with E-state index < -0.39 is 0 Å². The first-order chi connectivity index (χ1) is 7.26. The van der Waals surface area contributed by atoms with E-state index in [2.05, 4.69) is 30.9 Å². The Balaban J connectivity index is 2.09. The van der Waals surface area contributed by atoms with Crippen molar-refractivity contribution in [3.63, 3.8) is 0 Å². The van der Waals surface area contributed by atoms with Gasteiger partial charge in [-0.1, -0.05) is 20.3 Å². The van der Waals surface area contributed by atoms with Crippen LogP contribution < -0.4 is 5.32 Å². The summed E-state index contributed by atoms with van der Waals surface area (Å²) in [5, 5.41) is 3.89. The molecule has 0 aromatic rings. The lowest BCUT2D eigenvalue weighted by Gasteiger charge is -2.49. The first-order valence-electron chi connectivity index (χ1n) is 6.58. The van der Waals surface area contributed by atoms with E-state index in [1.54, 1.807) is 0 Å². The summed E-state index contributed by atoms with van der Waals surface area (Å²) in [5.41, 5.74) is 0.485. The van der Waals surface area contributed by atoms with E-state index in [0.717, 1.165) is 11.8 Å². The van der Waals surface area contributed by atoms with Gasteiger partial charge in [0.25, 0.3) is 0 Å². The average molecular weight is 227 g/mol. The number of thioether (sulfide) groups is 1. The summed E-state index contributed by atoms with van der Waals surface area (Å²) >= 11 is 2.15. The molecule has 0 radical (unpaired) electrons. The van der Waals surface area contributed by atoms with Crippen LogP contribution in [0.4, 0.5) is 0 Å². The Kier molecular flexibility index (Phi) is 4.00. The molecule has 2 heterocycles. The molecular weight excluding hydrogens is 202 g/mol. The van der Waals surface area contributed by atoms with Crippen LogP contribution >= 0.6 is 11.8 Å². The highest BCUT2D eigenvalue weighted by molar-refractivity contribution is 7.99. The molecule has 2 saturated heterocycles. The lowest BCUT2D eigenvalue weighted by Crippen LogP contribution is -2.58. The maximum atomic E-state index is 3.89.